The molecule has 5 nitrogen and oxygen atoms in total. The number of hydrogen-bond acceptors (Lipinski definition) is 4. The minimum absolute atomic E-state index is 0.136. The second kappa shape index (κ2) is 6.68. The fourth-order valence-corrected chi connectivity index (χ4v) is 2.13. The highest BCUT2D eigenvalue weighted by atomic mass is 16.3. The van der Waals surface area contributed by atoms with Gasteiger partial charge in [0.15, 0.2) is 7.28 Å². The lowest BCUT2D eigenvalue weighted by Crippen LogP contribution is -2.26. The van der Waals surface area contributed by atoms with Crippen molar-refractivity contribution in [2.75, 3.05) is 11.9 Å². The van der Waals surface area contributed by atoms with Crippen molar-refractivity contribution in [3.05, 3.63) is 51.7 Å². The topological polar surface area (TPSA) is 84.0 Å². The molecule has 0 bridgehead atoms. The van der Waals surface area contributed by atoms with Gasteiger partial charge < -0.3 is 20.5 Å². The largest absolute Gasteiger partial charge is 0.467 e. The number of terminal acetylenes is 1. The van der Waals surface area contributed by atoms with E-state index in [-0.39, 0.29) is 5.56 Å². The summed E-state index contributed by atoms with van der Waals surface area (Å²) in [6.45, 7) is 0.989. The number of furan rings is 1. The van der Waals surface area contributed by atoms with E-state index in [1.165, 1.54) is 0 Å². The summed E-state index contributed by atoms with van der Waals surface area (Å²) in [5.41, 5.74) is 9.04. The molecule has 0 aliphatic carbocycles. The molecule has 105 valence electrons. The molecule has 1 aliphatic heterocycles. The lowest BCUT2D eigenvalue weighted by Gasteiger charge is -2.09. The van der Waals surface area contributed by atoms with Crippen molar-refractivity contribution in [2.24, 2.45) is 5.73 Å². The summed E-state index contributed by atoms with van der Waals surface area (Å²) in [5.74, 6) is 0.819. The van der Waals surface area contributed by atoms with Crippen LogP contribution in [0.1, 0.15) is 11.5 Å². The summed E-state index contributed by atoms with van der Waals surface area (Å²) in [7, 11) is 1.98. The minimum Gasteiger partial charge on any atom is -0.467 e. The van der Waals surface area contributed by atoms with Crippen molar-refractivity contribution in [3.63, 3.8) is 0 Å². The monoisotopic (exact) mass is 280 g/mol. The SMILES string of the molecule is C#C.NCC1=Cc2[nH]c(=O)cc(NCc3ccco3)c2[B]1. The van der Waals surface area contributed by atoms with Gasteiger partial charge in [0.05, 0.1) is 12.8 Å². The van der Waals surface area contributed by atoms with E-state index in [2.05, 4.69) is 23.1 Å². The van der Waals surface area contributed by atoms with Crippen molar-refractivity contribution >= 4 is 24.5 Å². The Labute approximate surface area is 123 Å². The first-order valence-electron chi connectivity index (χ1n) is 6.38. The molecule has 3 heterocycles. The Hall–Kier alpha value is -2.65. The van der Waals surface area contributed by atoms with Gasteiger partial charge in [-0.3, -0.25) is 4.79 Å². The molecule has 2 aromatic heterocycles. The molecule has 3 rings (SSSR count). The van der Waals surface area contributed by atoms with E-state index in [1.54, 1.807) is 12.3 Å². The van der Waals surface area contributed by atoms with Crippen LogP contribution in [0.4, 0.5) is 5.69 Å². The van der Waals surface area contributed by atoms with E-state index in [4.69, 9.17) is 10.2 Å². The van der Waals surface area contributed by atoms with Crippen LogP contribution >= 0.6 is 0 Å². The van der Waals surface area contributed by atoms with Gasteiger partial charge in [0.25, 0.3) is 0 Å². The number of aromatic nitrogens is 1. The average molecular weight is 280 g/mol. The fourth-order valence-electron chi connectivity index (χ4n) is 2.13. The van der Waals surface area contributed by atoms with Crippen molar-refractivity contribution < 1.29 is 4.42 Å². The Bertz CT molecular complexity index is 714. The van der Waals surface area contributed by atoms with Gasteiger partial charge >= 0.3 is 0 Å². The molecule has 1 radical (unpaired) electrons. The van der Waals surface area contributed by atoms with E-state index < -0.39 is 0 Å². The first-order valence-corrected chi connectivity index (χ1v) is 6.38. The zero-order valence-electron chi connectivity index (χ0n) is 11.4. The first kappa shape index (κ1) is 14.8. The number of hydrogen-bond donors (Lipinski definition) is 3. The van der Waals surface area contributed by atoms with Gasteiger partial charge in [0.1, 0.15) is 5.76 Å². The number of nitrogens with one attached hydrogen (secondary N) is 2. The number of anilines is 1. The first-order chi connectivity index (χ1) is 10.3. The maximum absolute atomic E-state index is 11.6. The van der Waals surface area contributed by atoms with E-state index in [0.29, 0.717) is 13.1 Å². The quantitative estimate of drug-likeness (QED) is 0.561. The average Bonchev–Trinajstić information content (AvgIpc) is 3.15. The molecule has 0 amide bonds. The van der Waals surface area contributed by atoms with Crippen LogP contribution in [0, 0.1) is 12.8 Å². The molecule has 0 saturated heterocycles. The second-order valence-electron chi connectivity index (χ2n) is 4.38. The molecule has 0 unspecified atom stereocenters. The van der Waals surface area contributed by atoms with Crippen molar-refractivity contribution in [1.82, 2.24) is 4.98 Å². The van der Waals surface area contributed by atoms with Crippen LogP contribution in [0.2, 0.25) is 0 Å². The Balaban J connectivity index is 0.000000774. The molecule has 6 heteroatoms. The number of H-pyrrole nitrogens is 1. The molecular formula is C15H15BN3O2. The van der Waals surface area contributed by atoms with Crippen molar-refractivity contribution in [3.8, 4) is 12.8 Å². The Morgan fingerprint density at radius 3 is 2.90 bits per heavy atom. The predicted octanol–water partition coefficient (Wildman–Crippen LogP) is 0.472. The standard InChI is InChI=1S/C13H13BN3O2.C2H2/c15-6-8-4-11-13(14-8)10(5-12(18)17-11)16-7-9-2-1-3-19-9;1-2/h1-5H,6-7,15H2,(H2,16,17,18);1-2H. The minimum atomic E-state index is -0.136. The van der Waals surface area contributed by atoms with Crippen molar-refractivity contribution in [1.29, 1.82) is 0 Å². The Morgan fingerprint density at radius 2 is 2.24 bits per heavy atom. The fraction of sp³-hybridized carbons (Fsp3) is 0.133. The van der Waals surface area contributed by atoms with E-state index >= 15 is 0 Å². The zero-order chi connectivity index (χ0) is 15.2. The van der Waals surface area contributed by atoms with E-state index in [0.717, 1.165) is 28.1 Å². The summed E-state index contributed by atoms with van der Waals surface area (Å²) in [4.78, 5) is 14.4. The van der Waals surface area contributed by atoms with E-state index in [1.807, 2.05) is 25.5 Å². The third kappa shape index (κ3) is 3.27. The zero-order valence-corrected chi connectivity index (χ0v) is 11.4. The van der Waals surface area contributed by atoms with Crippen LogP contribution in [0.5, 0.6) is 0 Å². The molecule has 0 aromatic carbocycles. The molecule has 2 aromatic rings. The number of pyridine rings is 1. The van der Waals surface area contributed by atoms with Crippen LogP contribution in [-0.4, -0.2) is 18.8 Å². The molecule has 21 heavy (non-hydrogen) atoms. The third-order valence-corrected chi connectivity index (χ3v) is 3.04. The van der Waals surface area contributed by atoms with Gasteiger partial charge in [0, 0.05) is 24.0 Å². The molecule has 4 N–H and O–H groups in total. The summed E-state index contributed by atoms with van der Waals surface area (Å²) in [6.07, 6.45) is 11.5. The van der Waals surface area contributed by atoms with Crippen LogP contribution in [0.15, 0.2) is 39.1 Å². The van der Waals surface area contributed by atoms with Gasteiger partial charge in [-0.25, -0.2) is 0 Å². The van der Waals surface area contributed by atoms with Crippen LogP contribution in [-0.2, 0) is 6.54 Å². The maximum atomic E-state index is 11.6. The van der Waals surface area contributed by atoms with Gasteiger partial charge in [-0.1, -0.05) is 5.47 Å². The van der Waals surface area contributed by atoms with E-state index in [9.17, 15) is 4.79 Å². The number of rotatable bonds is 4. The highest BCUT2D eigenvalue weighted by molar-refractivity contribution is 6.66. The summed E-state index contributed by atoms with van der Waals surface area (Å²) >= 11 is 0. The Morgan fingerprint density at radius 1 is 1.43 bits per heavy atom. The number of aromatic amines is 1. The predicted molar refractivity (Wildman–Crippen MR) is 85.4 cm³/mol. The highest BCUT2D eigenvalue weighted by Crippen LogP contribution is 2.14. The summed E-state index contributed by atoms with van der Waals surface area (Å²) in [5, 5.41) is 3.21. The second-order valence-corrected chi connectivity index (χ2v) is 4.38. The summed E-state index contributed by atoms with van der Waals surface area (Å²) in [6, 6.07) is 5.26. The molecule has 1 aliphatic rings. The molecule has 0 spiro atoms. The van der Waals surface area contributed by atoms with Crippen LogP contribution in [0.25, 0.3) is 6.08 Å². The maximum Gasteiger partial charge on any atom is 0.250 e. The Kier molecular flexibility index (Phi) is 4.70. The molecule has 0 atom stereocenters. The lowest BCUT2D eigenvalue weighted by molar-refractivity contribution is 0.518. The van der Waals surface area contributed by atoms with Gasteiger partial charge in [-0.2, -0.15) is 0 Å². The smallest absolute Gasteiger partial charge is 0.250 e. The lowest BCUT2D eigenvalue weighted by atomic mass is 9.66. The molecule has 0 fully saturated rings. The van der Waals surface area contributed by atoms with Gasteiger partial charge in [-0.15, -0.1) is 12.8 Å². The summed E-state index contributed by atoms with van der Waals surface area (Å²) < 4.78 is 5.26. The van der Waals surface area contributed by atoms with Gasteiger partial charge in [0.2, 0.25) is 5.56 Å². The normalized spacial score (nSPS) is 11.7. The molecular weight excluding hydrogens is 265 g/mol. The van der Waals surface area contributed by atoms with Crippen LogP contribution in [0.3, 0.4) is 0 Å². The highest BCUT2D eigenvalue weighted by Gasteiger charge is 2.18. The number of fused-ring (bicyclic) bond motifs is 1. The van der Waals surface area contributed by atoms with Crippen molar-refractivity contribution in [2.45, 2.75) is 6.54 Å². The third-order valence-electron chi connectivity index (χ3n) is 3.04. The number of nitrogens with two attached hydrogens (primary N) is 1. The molecule has 0 saturated carbocycles. The van der Waals surface area contributed by atoms with Gasteiger partial charge in [-0.05, 0) is 23.7 Å². The van der Waals surface area contributed by atoms with Crippen LogP contribution < -0.4 is 22.1 Å².